The van der Waals surface area contributed by atoms with Crippen molar-refractivity contribution in [1.82, 2.24) is 9.97 Å². The quantitative estimate of drug-likeness (QED) is 0.859. The van der Waals surface area contributed by atoms with Crippen LogP contribution in [-0.4, -0.2) is 22.2 Å². The van der Waals surface area contributed by atoms with Crippen molar-refractivity contribution < 1.29 is 9.84 Å². The van der Waals surface area contributed by atoms with Gasteiger partial charge in [-0.25, -0.2) is 0 Å². The second-order valence-corrected chi connectivity index (χ2v) is 5.18. The smallest absolute Gasteiger partial charge is 0.258 e. The molecule has 19 heavy (non-hydrogen) atoms. The van der Waals surface area contributed by atoms with E-state index in [2.05, 4.69) is 9.97 Å². The van der Waals surface area contributed by atoms with Gasteiger partial charge in [-0.1, -0.05) is 26.2 Å². The van der Waals surface area contributed by atoms with Gasteiger partial charge in [0.2, 0.25) is 5.88 Å². The van der Waals surface area contributed by atoms with Crippen molar-refractivity contribution in [2.45, 2.75) is 57.5 Å². The summed E-state index contributed by atoms with van der Waals surface area (Å²) in [6, 6.07) is 0. The summed E-state index contributed by atoms with van der Waals surface area (Å²) in [5.74, 6) is 0.454. The van der Waals surface area contributed by atoms with Crippen LogP contribution < -0.4 is 5.56 Å². The third-order valence-corrected chi connectivity index (χ3v) is 3.86. The summed E-state index contributed by atoms with van der Waals surface area (Å²) in [5.41, 5.74) is 0.236. The molecule has 5 heteroatoms. The van der Waals surface area contributed by atoms with Gasteiger partial charge in [-0.15, -0.1) is 0 Å². The van der Waals surface area contributed by atoms with Gasteiger partial charge in [0.1, 0.15) is 11.9 Å². The van der Waals surface area contributed by atoms with Crippen LogP contribution in [0.5, 0.6) is 5.88 Å². The van der Waals surface area contributed by atoms with Gasteiger partial charge in [0.15, 0.2) is 0 Å². The van der Waals surface area contributed by atoms with Crippen LogP contribution in [0.1, 0.15) is 68.9 Å². The van der Waals surface area contributed by atoms with E-state index in [1.165, 1.54) is 0 Å². The lowest BCUT2D eigenvalue weighted by Gasteiger charge is -2.16. The number of nitrogens with zero attached hydrogens (tertiary/aromatic N) is 1. The summed E-state index contributed by atoms with van der Waals surface area (Å²) in [5, 5.41) is 10.1. The highest BCUT2D eigenvalue weighted by Crippen LogP contribution is 2.35. The topological polar surface area (TPSA) is 75.2 Å². The zero-order valence-electron chi connectivity index (χ0n) is 11.6. The molecule has 0 radical (unpaired) electrons. The number of H-pyrrole nitrogens is 1. The average molecular weight is 266 g/mol. The van der Waals surface area contributed by atoms with E-state index in [0.29, 0.717) is 11.4 Å². The molecule has 0 aliphatic heterocycles. The van der Waals surface area contributed by atoms with E-state index >= 15 is 0 Å². The first kappa shape index (κ1) is 14.1. The number of ether oxygens (including phenoxy) is 1. The van der Waals surface area contributed by atoms with Crippen LogP contribution in [0.3, 0.4) is 0 Å². The second kappa shape index (κ2) is 6.19. The molecule has 106 valence electrons. The standard InChI is InChI=1S/C14H22N2O3/c1-3-6-10(19-2)12-15-13(17)11(14(18)16-12)9-7-4-5-8-9/h9-10H,3-8H2,1-2H3,(H2,15,16,17,18). The van der Waals surface area contributed by atoms with Crippen molar-refractivity contribution in [3.8, 4) is 5.88 Å². The predicted octanol–water partition coefficient (Wildman–Crippen LogP) is 2.62. The van der Waals surface area contributed by atoms with Gasteiger partial charge < -0.3 is 14.8 Å². The molecule has 0 saturated heterocycles. The van der Waals surface area contributed by atoms with Crippen LogP contribution in [0.4, 0.5) is 0 Å². The van der Waals surface area contributed by atoms with Crippen molar-refractivity contribution in [2.75, 3.05) is 7.11 Å². The second-order valence-electron chi connectivity index (χ2n) is 5.18. The molecule has 5 nitrogen and oxygen atoms in total. The Labute approximate surface area is 113 Å². The minimum absolute atomic E-state index is 0.121. The number of aromatic nitrogens is 2. The van der Waals surface area contributed by atoms with E-state index < -0.39 is 0 Å². The lowest BCUT2D eigenvalue weighted by Crippen LogP contribution is -2.21. The number of rotatable bonds is 5. The summed E-state index contributed by atoms with van der Waals surface area (Å²) < 4.78 is 5.31. The predicted molar refractivity (Wildman–Crippen MR) is 72.4 cm³/mol. The highest BCUT2D eigenvalue weighted by Gasteiger charge is 2.25. The Hall–Kier alpha value is -1.36. The maximum atomic E-state index is 12.2. The molecule has 1 atom stereocenters. The molecular weight excluding hydrogens is 244 g/mol. The van der Waals surface area contributed by atoms with Gasteiger partial charge in [0.05, 0.1) is 5.56 Å². The zero-order chi connectivity index (χ0) is 13.8. The van der Waals surface area contributed by atoms with E-state index in [1.54, 1.807) is 7.11 Å². The molecule has 2 N–H and O–H groups in total. The lowest BCUT2D eigenvalue weighted by molar-refractivity contribution is 0.0866. The molecule has 1 aromatic rings. The minimum atomic E-state index is -0.263. The van der Waals surface area contributed by atoms with Crippen molar-refractivity contribution in [1.29, 1.82) is 0 Å². The fourth-order valence-electron chi connectivity index (χ4n) is 2.85. The zero-order valence-corrected chi connectivity index (χ0v) is 11.6. The van der Waals surface area contributed by atoms with Crippen molar-refractivity contribution in [3.63, 3.8) is 0 Å². The monoisotopic (exact) mass is 266 g/mol. The fraction of sp³-hybridized carbons (Fsp3) is 0.714. The number of methoxy groups -OCH3 is 1. The molecule has 1 heterocycles. The first-order valence-corrected chi connectivity index (χ1v) is 7.03. The number of nitrogens with one attached hydrogen (secondary N) is 1. The summed E-state index contributed by atoms with van der Waals surface area (Å²) in [4.78, 5) is 19.1. The fourth-order valence-corrected chi connectivity index (χ4v) is 2.85. The molecule has 1 unspecified atom stereocenters. The van der Waals surface area contributed by atoms with Crippen molar-refractivity contribution in [2.24, 2.45) is 0 Å². The summed E-state index contributed by atoms with van der Waals surface area (Å²) in [6.45, 7) is 2.04. The molecule has 1 aromatic heterocycles. The molecule has 0 amide bonds. The van der Waals surface area contributed by atoms with E-state index in [0.717, 1.165) is 38.5 Å². The molecule has 0 bridgehead atoms. The molecule has 1 saturated carbocycles. The van der Waals surface area contributed by atoms with Crippen LogP contribution in [0.2, 0.25) is 0 Å². The Morgan fingerprint density at radius 2 is 2.16 bits per heavy atom. The normalized spacial score (nSPS) is 17.8. The molecule has 1 fully saturated rings. The van der Waals surface area contributed by atoms with E-state index in [-0.39, 0.29) is 23.5 Å². The van der Waals surface area contributed by atoms with Crippen LogP contribution in [0.25, 0.3) is 0 Å². The Morgan fingerprint density at radius 3 is 2.68 bits per heavy atom. The minimum Gasteiger partial charge on any atom is -0.493 e. The molecule has 1 aliphatic rings. The van der Waals surface area contributed by atoms with Gasteiger partial charge in [0, 0.05) is 7.11 Å². The summed E-state index contributed by atoms with van der Waals surface area (Å²) in [7, 11) is 1.59. The van der Waals surface area contributed by atoms with Gasteiger partial charge in [-0.2, -0.15) is 4.98 Å². The highest BCUT2D eigenvalue weighted by molar-refractivity contribution is 5.27. The largest absolute Gasteiger partial charge is 0.493 e. The third kappa shape index (κ3) is 2.97. The number of hydrogen-bond donors (Lipinski definition) is 2. The summed E-state index contributed by atoms with van der Waals surface area (Å²) >= 11 is 0. The van der Waals surface area contributed by atoms with Gasteiger partial charge >= 0.3 is 0 Å². The Bertz CT molecular complexity index is 478. The first-order valence-electron chi connectivity index (χ1n) is 7.03. The first-order chi connectivity index (χ1) is 9.17. The van der Waals surface area contributed by atoms with Crippen LogP contribution >= 0.6 is 0 Å². The molecule has 2 rings (SSSR count). The van der Waals surface area contributed by atoms with E-state index in [1.807, 2.05) is 6.92 Å². The summed E-state index contributed by atoms with van der Waals surface area (Å²) in [6.07, 6.45) is 5.57. The Morgan fingerprint density at radius 1 is 1.47 bits per heavy atom. The van der Waals surface area contributed by atoms with E-state index in [9.17, 15) is 9.90 Å². The Balaban J connectivity index is 2.32. The molecule has 0 spiro atoms. The van der Waals surface area contributed by atoms with Crippen molar-refractivity contribution in [3.05, 3.63) is 21.7 Å². The molecular formula is C14H22N2O3. The number of aromatic amines is 1. The maximum Gasteiger partial charge on any atom is 0.258 e. The van der Waals surface area contributed by atoms with Gasteiger partial charge in [-0.05, 0) is 25.2 Å². The van der Waals surface area contributed by atoms with Crippen molar-refractivity contribution >= 4 is 0 Å². The van der Waals surface area contributed by atoms with Crippen LogP contribution in [-0.2, 0) is 4.74 Å². The molecule has 0 aromatic carbocycles. The Kier molecular flexibility index (Phi) is 4.58. The molecule has 1 aliphatic carbocycles. The SMILES string of the molecule is CCCC(OC)c1nc(O)c(C2CCCC2)c(=O)[nH]1. The van der Waals surface area contributed by atoms with Gasteiger partial charge in [-0.3, -0.25) is 4.79 Å². The number of aromatic hydroxyl groups is 1. The van der Waals surface area contributed by atoms with E-state index in [4.69, 9.17) is 4.74 Å². The average Bonchev–Trinajstić information content (AvgIpc) is 2.88. The lowest BCUT2D eigenvalue weighted by atomic mass is 10.00. The highest BCUT2D eigenvalue weighted by atomic mass is 16.5. The van der Waals surface area contributed by atoms with Crippen LogP contribution in [0, 0.1) is 0 Å². The third-order valence-electron chi connectivity index (χ3n) is 3.86. The number of hydrogen-bond acceptors (Lipinski definition) is 4. The van der Waals surface area contributed by atoms with Gasteiger partial charge in [0.25, 0.3) is 5.56 Å². The van der Waals surface area contributed by atoms with Crippen LogP contribution in [0.15, 0.2) is 4.79 Å². The maximum absolute atomic E-state index is 12.2.